The van der Waals surface area contributed by atoms with Crippen molar-refractivity contribution in [3.05, 3.63) is 28.0 Å². The molecule has 19 heavy (non-hydrogen) atoms. The minimum absolute atomic E-state index is 0.441. The van der Waals surface area contributed by atoms with Crippen LogP contribution in [0.25, 0.3) is 6.08 Å². The first kappa shape index (κ1) is 16.0. The molecule has 1 N–H and O–H groups in total. The summed E-state index contributed by atoms with van der Waals surface area (Å²) in [4.78, 5) is 11.4. The van der Waals surface area contributed by atoms with Crippen LogP contribution in [0.3, 0.4) is 0 Å². The number of carbonyl (C=O) groups is 1. The van der Waals surface area contributed by atoms with Crippen molar-refractivity contribution < 1.29 is 9.90 Å². The number of carboxylic acids is 1. The summed E-state index contributed by atoms with van der Waals surface area (Å²) in [6.45, 7) is 2.24. The Morgan fingerprint density at radius 3 is 2.58 bits per heavy atom. The van der Waals surface area contributed by atoms with E-state index in [1.165, 1.54) is 56.3 Å². The lowest BCUT2D eigenvalue weighted by atomic mass is 10.1. The van der Waals surface area contributed by atoms with Crippen molar-refractivity contribution in [3.63, 3.8) is 0 Å². The number of thiophene rings is 1. The Morgan fingerprint density at radius 2 is 1.89 bits per heavy atom. The van der Waals surface area contributed by atoms with E-state index < -0.39 is 5.97 Å². The van der Waals surface area contributed by atoms with Gasteiger partial charge in [-0.3, -0.25) is 0 Å². The average Bonchev–Trinajstić information content (AvgIpc) is 2.85. The van der Waals surface area contributed by atoms with Crippen LogP contribution in [0.15, 0.2) is 17.5 Å². The minimum atomic E-state index is -0.828. The number of aromatic carboxylic acids is 1. The lowest BCUT2D eigenvalue weighted by Crippen LogP contribution is -1.93. The molecule has 1 heterocycles. The molecule has 0 aromatic carbocycles. The van der Waals surface area contributed by atoms with Gasteiger partial charge in [-0.2, -0.15) is 0 Å². The summed E-state index contributed by atoms with van der Waals surface area (Å²) < 4.78 is 0. The Labute approximate surface area is 120 Å². The van der Waals surface area contributed by atoms with Crippen molar-refractivity contribution in [2.75, 3.05) is 0 Å². The number of carboxylic acid groups (broad SMARTS) is 1. The Kier molecular flexibility index (Phi) is 8.23. The van der Waals surface area contributed by atoms with Crippen LogP contribution in [-0.2, 0) is 0 Å². The van der Waals surface area contributed by atoms with Gasteiger partial charge in [-0.05, 0) is 29.9 Å². The zero-order chi connectivity index (χ0) is 13.9. The summed E-state index contributed by atoms with van der Waals surface area (Å²) in [6, 6.07) is 1.87. The van der Waals surface area contributed by atoms with E-state index in [4.69, 9.17) is 5.11 Å². The second kappa shape index (κ2) is 9.79. The van der Waals surface area contributed by atoms with Gasteiger partial charge in [-0.25, -0.2) is 4.79 Å². The normalized spacial score (nSPS) is 11.2. The highest BCUT2D eigenvalue weighted by molar-refractivity contribution is 7.12. The molecule has 2 nitrogen and oxygen atoms in total. The fraction of sp³-hybridized carbons (Fsp3) is 0.562. The number of unbranched alkanes of at least 4 members (excludes halogenated alkanes) is 7. The van der Waals surface area contributed by atoms with E-state index in [0.29, 0.717) is 4.88 Å². The second-order valence-corrected chi connectivity index (χ2v) is 5.74. The summed E-state index contributed by atoms with van der Waals surface area (Å²) in [5.74, 6) is -0.828. The topological polar surface area (TPSA) is 37.3 Å². The minimum Gasteiger partial charge on any atom is -0.477 e. The number of hydrogen-bond donors (Lipinski definition) is 1. The maximum absolute atomic E-state index is 10.9. The smallest absolute Gasteiger partial charge is 0.346 e. The lowest BCUT2D eigenvalue weighted by Gasteiger charge is -1.99. The molecular weight excluding hydrogens is 256 g/mol. The van der Waals surface area contributed by atoms with E-state index in [-0.39, 0.29) is 0 Å². The summed E-state index contributed by atoms with van der Waals surface area (Å²) >= 11 is 1.29. The van der Waals surface area contributed by atoms with Crippen molar-refractivity contribution in [1.82, 2.24) is 0 Å². The molecule has 0 aliphatic heterocycles. The fourth-order valence-corrected chi connectivity index (χ4v) is 2.78. The summed E-state index contributed by atoms with van der Waals surface area (Å²) in [5, 5.41) is 10.8. The van der Waals surface area contributed by atoms with Crippen molar-refractivity contribution in [2.24, 2.45) is 0 Å². The molecule has 1 rings (SSSR count). The monoisotopic (exact) mass is 280 g/mol. The third-order valence-electron chi connectivity index (χ3n) is 3.16. The molecule has 0 aliphatic rings. The number of allylic oxidation sites excluding steroid dienone is 1. The first-order chi connectivity index (χ1) is 9.25. The predicted octanol–water partition coefficient (Wildman–Crippen LogP) is 5.60. The molecule has 0 bridgehead atoms. The molecule has 0 amide bonds. The Hall–Kier alpha value is -1.09. The van der Waals surface area contributed by atoms with Crippen LogP contribution in [0.2, 0.25) is 0 Å². The largest absolute Gasteiger partial charge is 0.477 e. The van der Waals surface area contributed by atoms with Gasteiger partial charge in [0.2, 0.25) is 0 Å². The number of rotatable bonds is 10. The molecule has 0 unspecified atom stereocenters. The second-order valence-electron chi connectivity index (χ2n) is 4.82. The molecule has 106 valence electrons. The van der Waals surface area contributed by atoms with Crippen LogP contribution in [0.5, 0.6) is 0 Å². The van der Waals surface area contributed by atoms with Gasteiger partial charge in [-0.15, -0.1) is 11.3 Å². The van der Waals surface area contributed by atoms with Gasteiger partial charge in [0.25, 0.3) is 0 Å². The highest BCUT2D eigenvalue weighted by atomic mass is 32.1. The van der Waals surface area contributed by atoms with E-state index in [2.05, 4.69) is 13.0 Å². The van der Waals surface area contributed by atoms with E-state index in [1.54, 1.807) is 0 Å². The summed E-state index contributed by atoms with van der Waals surface area (Å²) in [7, 11) is 0. The summed E-state index contributed by atoms with van der Waals surface area (Å²) in [5.41, 5.74) is 0.834. The molecule has 0 aliphatic carbocycles. The van der Waals surface area contributed by atoms with E-state index in [1.807, 2.05) is 17.5 Å². The van der Waals surface area contributed by atoms with Gasteiger partial charge >= 0.3 is 5.97 Å². The fourth-order valence-electron chi connectivity index (χ4n) is 2.05. The van der Waals surface area contributed by atoms with Crippen molar-refractivity contribution in [1.29, 1.82) is 0 Å². The molecule has 3 heteroatoms. The molecule has 0 fully saturated rings. The zero-order valence-electron chi connectivity index (χ0n) is 11.7. The van der Waals surface area contributed by atoms with Crippen molar-refractivity contribution >= 4 is 23.4 Å². The average molecular weight is 280 g/mol. The standard InChI is InChI=1S/C16H24O2S/c1-2-3-4-5-6-7-8-9-10-11-14-12-13-19-15(14)16(17)18/h10-13H,2-9H2,1H3,(H,17,18). The predicted molar refractivity (Wildman–Crippen MR) is 82.9 cm³/mol. The maximum atomic E-state index is 10.9. The zero-order valence-corrected chi connectivity index (χ0v) is 12.5. The van der Waals surface area contributed by atoms with Crippen LogP contribution in [0, 0.1) is 0 Å². The van der Waals surface area contributed by atoms with Gasteiger partial charge in [-0.1, -0.05) is 57.6 Å². The van der Waals surface area contributed by atoms with E-state index in [0.717, 1.165) is 12.0 Å². The van der Waals surface area contributed by atoms with Gasteiger partial charge in [0, 0.05) is 0 Å². The van der Waals surface area contributed by atoms with Gasteiger partial charge in [0.15, 0.2) is 0 Å². The third-order valence-corrected chi connectivity index (χ3v) is 4.08. The van der Waals surface area contributed by atoms with Gasteiger partial charge in [0.1, 0.15) is 4.88 Å². The van der Waals surface area contributed by atoms with Gasteiger partial charge < -0.3 is 5.11 Å². The van der Waals surface area contributed by atoms with Crippen LogP contribution >= 0.6 is 11.3 Å². The molecule has 0 saturated heterocycles. The van der Waals surface area contributed by atoms with Crippen LogP contribution in [-0.4, -0.2) is 11.1 Å². The van der Waals surface area contributed by atoms with Crippen LogP contribution in [0.4, 0.5) is 0 Å². The van der Waals surface area contributed by atoms with E-state index in [9.17, 15) is 4.79 Å². The van der Waals surface area contributed by atoms with Crippen LogP contribution in [0.1, 0.15) is 73.5 Å². The summed E-state index contributed by atoms with van der Waals surface area (Å²) in [6.07, 6.45) is 14.3. The molecule has 0 radical (unpaired) electrons. The third kappa shape index (κ3) is 6.58. The molecule has 0 saturated carbocycles. The molecule has 0 spiro atoms. The Morgan fingerprint density at radius 1 is 1.21 bits per heavy atom. The molecule has 1 aromatic rings. The van der Waals surface area contributed by atoms with Crippen molar-refractivity contribution in [2.45, 2.75) is 58.3 Å². The quantitative estimate of drug-likeness (QED) is 0.566. The van der Waals surface area contributed by atoms with Gasteiger partial charge in [0.05, 0.1) is 0 Å². The van der Waals surface area contributed by atoms with E-state index >= 15 is 0 Å². The van der Waals surface area contributed by atoms with Crippen LogP contribution < -0.4 is 0 Å². The number of hydrogen-bond acceptors (Lipinski definition) is 2. The first-order valence-electron chi connectivity index (χ1n) is 7.23. The first-order valence-corrected chi connectivity index (χ1v) is 8.11. The molecule has 0 atom stereocenters. The molecule has 1 aromatic heterocycles. The maximum Gasteiger partial charge on any atom is 0.346 e. The lowest BCUT2D eigenvalue weighted by molar-refractivity contribution is 0.0702. The Bertz CT molecular complexity index is 393. The Balaban J connectivity index is 2.13. The molecular formula is C16H24O2S. The van der Waals surface area contributed by atoms with Crippen molar-refractivity contribution in [3.8, 4) is 0 Å². The highest BCUT2D eigenvalue weighted by Crippen LogP contribution is 2.18. The highest BCUT2D eigenvalue weighted by Gasteiger charge is 2.08. The SMILES string of the molecule is CCCCCCCCCC=Cc1ccsc1C(=O)O.